The Morgan fingerprint density at radius 3 is 2.34 bits per heavy atom. The third kappa shape index (κ3) is 3.16. The normalized spacial score (nSPS) is 18.0. The van der Waals surface area contributed by atoms with Crippen LogP contribution in [-0.4, -0.2) is 44.5 Å². The number of nitrogens with zero attached hydrogens (tertiary/aromatic N) is 3. The summed E-state index contributed by atoms with van der Waals surface area (Å²) < 4.78 is 2.13. The van der Waals surface area contributed by atoms with Crippen molar-refractivity contribution in [3.05, 3.63) is 58.9 Å². The molecule has 1 saturated heterocycles. The smallest absolute Gasteiger partial charge is 0.335 e. The molecular weight excluding hydrogens is 370 g/mol. The number of carbonyl (C=O) groups excluding carboxylic acids is 4. The van der Waals surface area contributed by atoms with E-state index >= 15 is 0 Å². The lowest BCUT2D eigenvalue weighted by Gasteiger charge is -2.22. The van der Waals surface area contributed by atoms with Crippen molar-refractivity contribution in [3.8, 4) is 0 Å². The molecule has 0 N–H and O–H groups in total. The molecule has 1 aromatic heterocycles. The highest BCUT2D eigenvalue weighted by Crippen LogP contribution is 2.38. The molecule has 1 aliphatic carbocycles. The van der Waals surface area contributed by atoms with Gasteiger partial charge in [0, 0.05) is 23.0 Å². The second-order valence-corrected chi connectivity index (χ2v) is 7.74. The number of amides is 4. The van der Waals surface area contributed by atoms with Crippen LogP contribution in [-0.2, 0) is 9.59 Å². The summed E-state index contributed by atoms with van der Waals surface area (Å²) in [6.45, 7) is 5.07. The Morgan fingerprint density at radius 2 is 1.72 bits per heavy atom. The van der Waals surface area contributed by atoms with Crippen LogP contribution in [0.3, 0.4) is 0 Å². The first-order chi connectivity index (χ1) is 13.8. The van der Waals surface area contributed by atoms with Crippen LogP contribution in [0.25, 0.3) is 0 Å². The van der Waals surface area contributed by atoms with Gasteiger partial charge in [0.05, 0.1) is 12.6 Å². The van der Waals surface area contributed by atoms with Crippen LogP contribution < -0.4 is 0 Å². The third-order valence-electron chi connectivity index (χ3n) is 5.75. The van der Waals surface area contributed by atoms with Gasteiger partial charge in [0.2, 0.25) is 0 Å². The molecule has 0 spiro atoms. The number of carbonyl (C=O) groups is 4. The minimum absolute atomic E-state index is 0.339. The van der Waals surface area contributed by atoms with E-state index in [2.05, 4.69) is 4.57 Å². The van der Waals surface area contributed by atoms with Crippen LogP contribution in [0.2, 0.25) is 0 Å². The number of Topliss-reactive ketones (excluding diaryl/α,β-unsaturated/α-hetero) is 1. The number of hydrogen-bond donors (Lipinski definition) is 0. The Balaban J connectivity index is 1.56. The number of ketones is 1. The predicted molar refractivity (Wildman–Crippen MR) is 105 cm³/mol. The van der Waals surface area contributed by atoms with Gasteiger partial charge in [0.1, 0.15) is 0 Å². The number of aryl methyl sites for hydroxylation is 1. The zero-order chi connectivity index (χ0) is 20.9. The van der Waals surface area contributed by atoms with Gasteiger partial charge in [-0.3, -0.25) is 14.4 Å². The second kappa shape index (κ2) is 6.99. The first kappa shape index (κ1) is 19.1. The quantitative estimate of drug-likeness (QED) is 0.429. The lowest BCUT2D eigenvalue weighted by atomic mass is 10.1. The highest BCUT2D eigenvalue weighted by molar-refractivity contribution is 6.45. The third-order valence-corrected chi connectivity index (χ3v) is 5.75. The molecule has 150 valence electrons. The molecule has 1 atom stereocenters. The summed E-state index contributed by atoms with van der Waals surface area (Å²) in [6, 6.07) is 9.89. The molecule has 1 aromatic carbocycles. The SMILES string of the molecule is Cc1cc(C(=O)CN2C(=O)C(=O)N(C(C)c3ccccc3)C2=O)c(C)n1C1CC1. The number of hydrogen-bond acceptors (Lipinski definition) is 4. The van der Waals surface area contributed by atoms with Crippen LogP contribution in [0.4, 0.5) is 4.79 Å². The number of benzene rings is 1. The summed E-state index contributed by atoms with van der Waals surface area (Å²) in [5, 5.41) is 0. The van der Waals surface area contributed by atoms with Gasteiger partial charge in [-0.05, 0) is 45.2 Å². The van der Waals surface area contributed by atoms with Gasteiger partial charge in [-0.1, -0.05) is 30.3 Å². The van der Waals surface area contributed by atoms with Crippen molar-refractivity contribution >= 4 is 23.6 Å². The maximum atomic E-state index is 12.9. The minimum Gasteiger partial charge on any atom is -0.345 e. The van der Waals surface area contributed by atoms with Gasteiger partial charge in [-0.25, -0.2) is 14.6 Å². The molecule has 1 saturated carbocycles. The Kier molecular flexibility index (Phi) is 4.61. The molecule has 2 heterocycles. The van der Waals surface area contributed by atoms with Crippen molar-refractivity contribution in [2.24, 2.45) is 0 Å². The maximum Gasteiger partial charge on any atom is 0.335 e. The van der Waals surface area contributed by atoms with E-state index in [4.69, 9.17) is 0 Å². The van der Waals surface area contributed by atoms with Gasteiger partial charge < -0.3 is 4.57 Å². The van der Waals surface area contributed by atoms with E-state index in [-0.39, 0.29) is 5.78 Å². The highest BCUT2D eigenvalue weighted by atomic mass is 16.2. The average molecular weight is 393 g/mol. The topological polar surface area (TPSA) is 79.7 Å². The minimum atomic E-state index is -0.956. The van der Waals surface area contributed by atoms with Crippen LogP contribution >= 0.6 is 0 Å². The maximum absolute atomic E-state index is 12.9. The fraction of sp³-hybridized carbons (Fsp3) is 0.364. The lowest BCUT2D eigenvalue weighted by Crippen LogP contribution is -2.38. The van der Waals surface area contributed by atoms with Gasteiger partial charge in [-0.2, -0.15) is 0 Å². The van der Waals surface area contributed by atoms with Crippen molar-refractivity contribution in [3.63, 3.8) is 0 Å². The molecule has 7 heteroatoms. The van der Waals surface area contributed by atoms with Gasteiger partial charge in [0.25, 0.3) is 0 Å². The zero-order valence-corrected chi connectivity index (χ0v) is 16.7. The summed E-state index contributed by atoms with van der Waals surface area (Å²) in [6.07, 6.45) is 2.18. The van der Waals surface area contributed by atoms with E-state index in [1.165, 1.54) is 0 Å². The van der Waals surface area contributed by atoms with E-state index in [0.29, 0.717) is 11.6 Å². The number of rotatable bonds is 6. The van der Waals surface area contributed by atoms with Gasteiger partial charge in [-0.15, -0.1) is 0 Å². The Bertz CT molecular complexity index is 1020. The number of imide groups is 2. The largest absolute Gasteiger partial charge is 0.345 e. The summed E-state index contributed by atoms with van der Waals surface area (Å²) >= 11 is 0. The predicted octanol–water partition coefficient (Wildman–Crippen LogP) is 3.17. The molecule has 7 nitrogen and oxygen atoms in total. The zero-order valence-electron chi connectivity index (χ0n) is 16.7. The van der Waals surface area contributed by atoms with E-state index < -0.39 is 30.4 Å². The van der Waals surface area contributed by atoms with E-state index in [1.54, 1.807) is 37.3 Å². The van der Waals surface area contributed by atoms with Crippen molar-refractivity contribution in [2.75, 3.05) is 6.54 Å². The molecule has 29 heavy (non-hydrogen) atoms. The van der Waals surface area contributed by atoms with Crippen LogP contribution in [0.1, 0.15) is 59.2 Å². The second-order valence-electron chi connectivity index (χ2n) is 7.74. The average Bonchev–Trinajstić information content (AvgIpc) is 3.46. The van der Waals surface area contributed by atoms with Crippen molar-refractivity contribution in [2.45, 2.75) is 45.7 Å². The molecule has 2 aliphatic rings. The summed E-state index contributed by atoms with van der Waals surface area (Å²) in [7, 11) is 0. The molecule has 1 aliphatic heterocycles. The first-order valence-corrected chi connectivity index (χ1v) is 9.76. The van der Waals surface area contributed by atoms with Gasteiger partial charge in [0.15, 0.2) is 5.78 Å². The molecule has 0 radical (unpaired) electrons. The van der Waals surface area contributed by atoms with Crippen molar-refractivity contribution in [1.29, 1.82) is 0 Å². The fourth-order valence-electron chi connectivity index (χ4n) is 4.07. The van der Waals surface area contributed by atoms with Crippen molar-refractivity contribution in [1.82, 2.24) is 14.4 Å². The van der Waals surface area contributed by atoms with Crippen LogP contribution in [0.5, 0.6) is 0 Å². The summed E-state index contributed by atoms with van der Waals surface area (Å²) in [5.41, 5.74) is 3.07. The molecule has 4 rings (SSSR count). The molecule has 0 bridgehead atoms. The summed E-state index contributed by atoms with van der Waals surface area (Å²) in [4.78, 5) is 52.3. The standard InChI is InChI=1S/C22H23N3O4/c1-13-11-18(15(3)24(13)17-9-10-17)19(26)12-23-20(27)21(28)25(22(23)29)14(2)16-7-5-4-6-8-16/h4-8,11,14,17H,9-10,12H2,1-3H3. The Morgan fingerprint density at radius 1 is 1.07 bits per heavy atom. The number of urea groups is 1. The van der Waals surface area contributed by atoms with E-state index in [0.717, 1.165) is 39.6 Å². The molecule has 2 fully saturated rings. The Labute approximate surface area is 168 Å². The Hall–Kier alpha value is -3.22. The van der Waals surface area contributed by atoms with Crippen LogP contribution in [0.15, 0.2) is 36.4 Å². The van der Waals surface area contributed by atoms with E-state index in [9.17, 15) is 19.2 Å². The fourth-order valence-corrected chi connectivity index (χ4v) is 4.07. The molecule has 4 amide bonds. The summed E-state index contributed by atoms with van der Waals surface area (Å²) in [5.74, 6) is -2.20. The van der Waals surface area contributed by atoms with Crippen molar-refractivity contribution < 1.29 is 19.2 Å². The first-order valence-electron chi connectivity index (χ1n) is 9.76. The number of aromatic nitrogens is 1. The van der Waals surface area contributed by atoms with Gasteiger partial charge >= 0.3 is 17.8 Å². The molecule has 2 aromatic rings. The lowest BCUT2D eigenvalue weighted by molar-refractivity contribution is -0.143. The molecule has 1 unspecified atom stereocenters. The highest BCUT2D eigenvalue weighted by Gasteiger charge is 2.47. The monoisotopic (exact) mass is 393 g/mol. The molecular formula is C22H23N3O4. The van der Waals surface area contributed by atoms with E-state index in [1.807, 2.05) is 19.9 Å². The van der Waals surface area contributed by atoms with Crippen LogP contribution in [0, 0.1) is 13.8 Å².